The third-order valence-electron chi connectivity index (χ3n) is 10.1. The van der Waals surface area contributed by atoms with Gasteiger partial charge in [-0.05, 0) is 70.6 Å². The van der Waals surface area contributed by atoms with Gasteiger partial charge >= 0.3 is 41.5 Å². The second-order valence-corrected chi connectivity index (χ2v) is 15.5. The van der Waals surface area contributed by atoms with Crippen molar-refractivity contribution >= 4 is 11.9 Å². The van der Waals surface area contributed by atoms with Crippen LogP contribution in [0.4, 0.5) is 0 Å². The number of allylic oxidation sites excluding steroid dienone is 4. The normalized spacial score (nSPS) is 11.2. The van der Waals surface area contributed by atoms with E-state index in [9.17, 15) is 9.59 Å². The van der Waals surface area contributed by atoms with E-state index >= 15 is 0 Å². The number of esters is 1. The number of ether oxygens (including phenoxy) is 1. The summed E-state index contributed by atoms with van der Waals surface area (Å²) >= 11 is 0. The first-order valence-electron chi connectivity index (χ1n) is 23.3. The molecule has 0 aliphatic rings. The summed E-state index contributed by atoms with van der Waals surface area (Å²) in [6, 6.07) is 0. The first-order chi connectivity index (χ1) is 25.6. The van der Waals surface area contributed by atoms with Gasteiger partial charge in [-0.3, -0.25) is 9.59 Å². The molecule has 4 nitrogen and oxygen atoms in total. The molecule has 0 saturated carbocycles. The molecule has 0 heterocycles. The van der Waals surface area contributed by atoms with E-state index in [-0.39, 0.29) is 35.5 Å². The SMILES string of the molecule is CCCCCCCC/C=C\CCCCCCCC(=O)O.CCCCCCCC/C=C\CCCCCCCC(=O)OCCCCCCCCCCCC.[Na+]. The van der Waals surface area contributed by atoms with Crippen LogP contribution in [0, 0.1) is 0 Å². The molecule has 0 spiro atoms. The van der Waals surface area contributed by atoms with E-state index in [1.165, 1.54) is 199 Å². The van der Waals surface area contributed by atoms with Crippen molar-refractivity contribution in [3.8, 4) is 0 Å². The molecular weight excluding hydrogens is 664 g/mol. The van der Waals surface area contributed by atoms with Crippen molar-refractivity contribution in [2.75, 3.05) is 6.61 Å². The number of unbranched alkanes of at least 4 members (excludes halogenated alkanes) is 31. The Bertz CT molecular complexity index is 750. The van der Waals surface area contributed by atoms with Crippen LogP contribution in [0.15, 0.2) is 24.3 Å². The quantitative estimate of drug-likeness (QED) is 0.0292. The zero-order valence-corrected chi connectivity index (χ0v) is 38.6. The molecule has 5 heteroatoms. The Hall–Kier alpha value is -0.580. The van der Waals surface area contributed by atoms with E-state index in [4.69, 9.17) is 9.84 Å². The fourth-order valence-corrected chi connectivity index (χ4v) is 6.53. The Morgan fingerprint density at radius 1 is 0.377 bits per heavy atom. The predicted molar refractivity (Wildman–Crippen MR) is 229 cm³/mol. The molecule has 308 valence electrons. The zero-order chi connectivity index (χ0) is 38.3. The van der Waals surface area contributed by atoms with Crippen molar-refractivity contribution in [1.29, 1.82) is 0 Å². The van der Waals surface area contributed by atoms with E-state index in [2.05, 4.69) is 45.1 Å². The number of hydrogen-bond donors (Lipinski definition) is 1. The predicted octanol–water partition coefficient (Wildman–Crippen LogP) is 13.6. The van der Waals surface area contributed by atoms with Crippen LogP contribution in [0.5, 0.6) is 0 Å². The van der Waals surface area contributed by atoms with E-state index in [1.807, 2.05) is 0 Å². The van der Waals surface area contributed by atoms with Crippen molar-refractivity contribution in [1.82, 2.24) is 0 Å². The van der Waals surface area contributed by atoms with Gasteiger partial charge in [0.15, 0.2) is 0 Å². The molecule has 0 saturated heterocycles. The number of aliphatic carboxylic acids is 1. The smallest absolute Gasteiger partial charge is 0.481 e. The van der Waals surface area contributed by atoms with Crippen molar-refractivity contribution < 1.29 is 49.0 Å². The van der Waals surface area contributed by atoms with E-state index < -0.39 is 5.97 Å². The summed E-state index contributed by atoms with van der Waals surface area (Å²) in [6.45, 7) is 7.43. The summed E-state index contributed by atoms with van der Waals surface area (Å²) in [5, 5.41) is 8.51. The molecule has 0 aromatic heterocycles. The average Bonchev–Trinajstić information content (AvgIpc) is 3.14. The fourth-order valence-electron chi connectivity index (χ4n) is 6.53. The minimum Gasteiger partial charge on any atom is -0.481 e. The Balaban J connectivity index is -0.00000103. The van der Waals surface area contributed by atoms with E-state index in [0.29, 0.717) is 19.4 Å². The molecule has 0 unspecified atom stereocenters. The van der Waals surface area contributed by atoms with Crippen molar-refractivity contribution in [2.45, 2.75) is 265 Å². The topological polar surface area (TPSA) is 63.6 Å². The van der Waals surface area contributed by atoms with Gasteiger partial charge in [-0.15, -0.1) is 0 Å². The van der Waals surface area contributed by atoms with Gasteiger partial charge in [0.25, 0.3) is 0 Å². The van der Waals surface area contributed by atoms with Gasteiger partial charge in [0.2, 0.25) is 0 Å². The molecule has 0 radical (unpaired) electrons. The number of rotatable bonds is 41. The van der Waals surface area contributed by atoms with E-state index in [0.717, 1.165) is 32.1 Å². The molecule has 53 heavy (non-hydrogen) atoms. The molecule has 0 amide bonds. The molecule has 1 N–H and O–H groups in total. The molecule has 0 aromatic rings. The monoisotopic (exact) mass is 756 g/mol. The van der Waals surface area contributed by atoms with Crippen molar-refractivity contribution in [3.63, 3.8) is 0 Å². The van der Waals surface area contributed by atoms with Gasteiger partial charge in [-0.2, -0.15) is 0 Å². The number of carboxylic acid groups (broad SMARTS) is 1. The second kappa shape index (κ2) is 53.5. The maximum atomic E-state index is 11.8. The minimum atomic E-state index is -0.664. The molecule has 0 aromatic carbocycles. The summed E-state index contributed by atoms with van der Waals surface area (Å²) in [5.74, 6) is -0.652. The van der Waals surface area contributed by atoms with Crippen LogP contribution in [0.1, 0.15) is 265 Å². The van der Waals surface area contributed by atoms with Crippen LogP contribution in [0.2, 0.25) is 0 Å². The third-order valence-corrected chi connectivity index (χ3v) is 10.1. The Kier molecular flexibility index (Phi) is 57.3. The van der Waals surface area contributed by atoms with Crippen LogP contribution < -0.4 is 29.6 Å². The van der Waals surface area contributed by atoms with Crippen LogP contribution in [0.25, 0.3) is 0 Å². The molecule has 0 bridgehead atoms. The van der Waals surface area contributed by atoms with Gasteiger partial charge in [0.1, 0.15) is 0 Å². The third kappa shape index (κ3) is 58.3. The summed E-state index contributed by atoms with van der Waals surface area (Å²) in [5.41, 5.74) is 0. The van der Waals surface area contributed by atoms with Gasteiger partial charge in [-0.25, -0.2) is 0 Å². The number of carbonyl (C=O) groups is 2. The maximum absolute atomic E-state index is 11.8. The Morgan fingerprint density at radius 2 is 0.642 bits per heavy atom. The molecule has 0 rings (SSSR count). The minimum absolute atomic E-state index is 0. The molecule has 0 aliphatic carbocycles. The largest absolute Gasteiger partial charge is 1.00 e. The summed E-state index contributed by atoms with van der Waals surface area (Å²) < 4.78 is 5.39. The van der Waals surface area contributed by atoms with Crippen molar-refractivity contribution in [3.05, 3.63) is 24.3 Å². The van der Waals surface area contributed by atoms with Crippen LogP contribution in [-0.4, -0.2) is 23.7 Å². The summed E-state index contributed by atoms with van der Waals surface area (Å²) in [7, 11) is 0. The summed E-state index contributed by atoms with van der Waals surface area (Å²) in [6.07, 6.45) is 56.5. The van der Waals surface area contributed by atoms with Gasteiger partial charge in [0.05, 0.1) is 6.61 Å². The molecule has 0 atom stereocenters. The first kappa shape index (κ1) is 56.7. The van der Waals surface area contributed by atoms with Gasteiger partial charge in [-0.1, -0.05) is 206 Å². The maximum Gasteiger partial charge on any atom is 1.00 e. The van der Waals surface area contributed by atoms with Crippen LogP contribution >= 0.6 is 0 Å². The average molecular weight is 756 g/mol. The summed E-state index contributed by atoms with van der Waals surface area (Å²) in [4.78, 5) is 22.1. The Labute approximate surface area is 354 Å². The van der Waals surface area contributed by atoms with Crippen molar-refractivity contribution in [2.24, 2.45) is 0 Å². The standard InChI is InChI=1S/C30H58O2.C18H34O2.Na/c1-3-5-7-9-11-13-15-16-17-18-19-20-22-24-26-28-30(31)32-29-27-25-23-21-14-12-10-8-6-4-2;1-2-3-4-5-6-7-8-9-10-11-12-13-14-15-16-17-18(19)20;/h16-17H,3-15,18-29H2,1-2H3;9-10H,2-8,11-17H2,1H3,(H,19,20);/q;;+1/b17-16-;10-9-;. The number of carbonyl (C=O) groups excluding carboxylic acids is 1. The second-order valence-electron chi connectivity index (χ2n) is 15.5. The number of hydrogen-bond acceptors (Lipinski definition) is 3. The molecule has 0 fully saturated rings. The van der Waals surface area contributed by atoms with Crippen LogP contribution in [0.3, 0.4) is 0 Å². The van der Waals surface area contributed by atoms with E-state index in [1.54, 1.807) is 0 Å². The first-order valence-corrected chi connectivity index (χ1v) is 23.3. The molecule has 0 aliphatic heterocycles. The van der Waals surface area contributed by atoms with Crippen LogP contribution in [-0.2, 0) is 14.3 Å². The Morgan fingerprint density at radius 3 is 0.962 bits per heavy atom. The number of carboxylic acids is 1. The van der Waals surface area contributed by atoms with Gasteiger partial charge < -0.3 is 9.84 Å². The van der Waals surface area contributed by atoms with Gasteiger partial charge in [0, 0.05) is 12.8 Å². The fraction of sp³-hybridized carbons (Fsp3) is 0.875. The zero-order valence-electron chi connectivity index (χ0n) is 36.6. The molecular formula is C48H92NaO4+.